The molecule has 2 saturated carbocycles. The number of carbonyl (C=O) groups excluding carboxylic acids is 1. The summed E-state index contributed by atoms with van der Waals surface area (Å²) in [5.41, 5.74) is 2.62. The zero-order valence-electron chi connectivity index (χ0n) is 17.5. The minimum Gasteiger partial charge on any atom is -0.380 e. The molecule has 5 rings (SSSR count). The lowest BCUT2D eigenvalue weighted by atomic mass is 9.66. The fourth-order valence-corrected chi connectivity index (χ4v) is 7.32. The standard InChI is InChI=1S/C22H35N5O2/c1-2-22(29)17-15(8-13-24-19(17)25-20(22)28)18-14-6-3-4-7-16(14)27(26-18)21(11-12-23)9-5-10-21/h14-19,24,26,29H,2-11,13H2,1H3,(H,25,28). The summed E-state index contributed by atoms with van der Waals surface area (Å²) in [6.07, 6.45) is 10.2. The first kappa shape index (κ1) is 19.7. The Bertz CT molecular complexity index is 704. The zero-order chi connectivity index (χ0) is 20.2. The van der Waals surface area contributed by atoms with Gasteiger partial charge in [0, 0.05) is 23.5 Å². The van der Waals surface area contributed by atoms with Gasteiger partial charge in [0.2, 0.25) is 0 Å². The van der Waals surface area contributed by atoms with Crippen LogP contribution in [0, 0.1) is 29.1 Å². The lowest BCUT2D eigenvalue weighted by Gasteiger charge is -2.50. The van der Waals surface area contributed by atoms with Crippen LogP contribution >= 0.6 is 0 Å². The molecule has 7 heteroatoms. The molecule has 0 bridgehead atoms. The number of hydrogen-bond acceptors (Lipinski definition) is 6. The number of nitriles is 1. The number of nitrogens with zero attached hydrogens (tertiary/aromatic N) is 2. The summed E-state index contributed by atoms with van der Waals surface area (Å²) in [6, 6.07) is 3.21. The van der Waals surface area contributed by atoms with Crippen molar-refractivity contribution in [2.24, 2.45) is 17.8 Å². The number of carbonyl (C=O) groups is 1. The van der Waals surface area contributed by atoms with Gasteiger partial charge in [-0.1, -0.05) is 19.8 Å². The molecule has 0 aromatic carbocycles. The van der Waals surface area contributed by atoms with Gasteiger partial charge in [0.15, 0.2) is 0 Å². The molecule has 0 aromatic rings. The minimum absolute atomic E-state index is 0.0130. The Morgan fingerprint density at radius 3 is 2.69 bits per heavy atom. The van der Waals surface area contributed by atoms with E-state index < -0.39 is 5.60 Å². The normalized spacial score (nSPS) is 46.3. The number of fused-ring (bicyclic) bond motifs is 2. The van der Waals surface area contributed by atoms with E-state index in [1.807, 2.05) is 6.92 Å². The molecule has 2 aliphatic carbocycles. The summed E-state index contributed by atoms with van der Waals surface area (Å²) in [5.74, 6) is 0.465. The van der Waals surface area contributed by atoms with Crippen LogP contribution in [0.2, 0.25) is 0 Å². The SMILES string of the molecule is CCC1(O)C(=O)NC2NCCC(C3NN(C4(CC#N)CCC4)C4CCCCC34)C21. The van der Waals surface area contributed by atoms with Gasteiger partial charge in [-0.25, -0.2) is 5.01 Å². The maximum atomic E-state index is 12.6. The van der Waals surface area contributed by atoms with Gasteiger partial charge in [-0.15, -0.1) is 0 Å². The number of hydrazine groups is 1. The molecule has 4 N–H and O–H groups in total. The predicted molar refractivity (Wildman–Crippen MR) is 108 cm³/mol. The molecular weight excluding hydrogens is 366 g/mol. The molecule has 5 fully saturated rings. The highest BCUT2D eigenvalue weighted by molar-refractivity contribution is 5.88. The van der Waals surface area contributed by atoms with E-state index in [1.54, 1.807) is 0 Å². The van der Waals surface area contributed by atoms with Gasteiger partial charge < -0.3 is 10.4 Å². The fraction of sp³-hybridized carbons (Fsp3) is 0.909. The minimum atomic E-state index is -1.29. The van der Waals surface area contributed by atoms with Crippen LogP contribution in [0.25, 0.3) is 0 Å². The molecule has 29 heavy (non-hydrogen) atoms. The summed E-state index contributed by atoms with van der Waals surface area (Å²) in [5, 5.41) is 29.8. The lowest BCUT2D eigenvalue weighted by Crippen LogP contribution is -2.62. The van der Waals surface area contributed by atoms with Crippen molar-refractivity contribution in [2.45, 2.75) is 101 Å². The maximum absolute atomic E-state index is 12.6. The molecule has 0 aromatic heterocycles. The monoisotopic (exact) mass is 401 g/mol. The second-order valence-corrected chi connectivity index (χ2v) is 10.1. The third kappa shape index (κ3) is 2.79. The molecule has 5 aliphatic rings. The Morgan fingerprint density at radius 1 is 1.21 bits per heavy atom. The molecule has 0 radical (unpaired) electrons. The predicted octanol–water partition coefficient (Wildman–Crippen LogP) is 1.39. The summed E-state index contributed by atoms with van der Waals surface area (Å²) in [6.45, 7) is 2.78. The van der Waals surface area contributed by atoms with Crippen LogP contribution in [0.4, 0.5) is 0 Å². The van der Waals surface area contributed by atoms with Gasteiger partial charge in [0.1, 0.15) is 5.60 Å². The molecule has 7 nitrogen and oxygen atoms in total. The van der Waals surface area contributed by atoms with Crippen LogP contribution in [0.3, 0.4) is 0 Å². The highest BCUT2D eigenvalue weighted by Gasteiger charge is 2.62. The molecule has 160 valence electrons. The first-order valence-electron chi connectivity index (χ1n) is 11.7. The van der Waals surface area contributed by atoms with Crippen LogP contribution in [0.1, 0.15) is 71.1 Å². The quantitative estimate of drug-likeness (QED) is 0.568. The van der Waals surface area contributed by atoms with E-state index in [9.17, 15) is 15.2 Å². The van der Waals surface area contributed by atoms with Gasteiger partial charge >= 0.3 is 0 Å². The summed E-state index contributed by atoms with van der Waals surface area (Å²) < 4.78 is 0. The number of nitrogens with one attached hydrogen (secondary N) is 3. The zero-order valence-corrected chi connectivity index (χ0v) is 17.5. The molecular formula is C22H35N5O2. The Labute approximate surface area is 173 Å². The number of aliphatic hydroxyl groups is 1. The van der Waals surface area contributed by atoms with E-state index in [0.29, 0.717) is 24.8 Å². The second-order valence-electron chi connectivity index (χ2n) is 10.1. The van der Waals surface area contributed by atoms with Crippen LogP contribution in [0.15, 0.2) is 0 Å². The summed E-state index contributed by atoms with van der Waals surface area (Å²) in [4.78, 5) is 12.6. The van der Waals surface area contributed by atoms with E-state index in [2.05, 4.69) is 27.1 Å². The van der Waals surface area contributed by atoms with Crippen molar-refractivity contribution in [1.82, 2.24) is 21.1 Å². The summed E-state index contributed by atoms with van der Waals surface area (Å²) >= 11 is 0. The van der Waals surface area contributed by atoms with E-state index in [4.69, 9.17) is 0 Å². The largest absolute Gasteiger partial charge is 0.380 e. The van der Waals surface area contributed by atoms with Gasteiger partial charge in [0.05, 0.1) is 18.7 Å². The Morgan fingerprint density at radius 2 is 2.00 bits per heavy atom. The summed E-state index contributed by atoms with van der Waals surface area (Å²) in [7, 11) is 0. The maximum Gasteiger partial charge on any atom is 0.253 e. The van der Waals surface area contributed by atoms with E-state index in [-0.39, 0.29) is 35.5 Å². The van der Waals surface area contributed by atoms with Gasteiger partial charge in [-0.3, -0.25) is 15.5 Å². The van der Waals surface area contributed by atoms with Crippen molar-refractivity contribution in [3.05, 3.63) is 0 Å². The number of piperidine rings is 1. The van der Waals surface area contributed by atoms with Crippen LogP contribution in [0.5, 0.6) is 0 Å². The molecule has 7 atom stereocenters. The van der Waals surface area contributed by atoms with Crippen molar-refractivity contribution in [3.8, 4) is 6.07 Å². The average Bonchev–Trinajstić information content (AvgIpc) is 3.21. The number of amides is 1. The van der Waals surface area contributed by atoms with Crippen LogP contribution in [-0.2, 0) is 4.79 Å². The van der Waals surface area contributed by atoms with Crippen LogP contribution < -0.4 is 16.1 Å². The van der Waals surface area contributed by atoms with Crippen molar-refractivity contribution in [3.63, 3.8) is 0 Å². The molecule has 1 amide bonds. The smallest absolute Gasteiger partial charge is 0.253 e. The molecule has 3 saturated heterocycles. The third-order valence-electron chi connectivity index (χ3n) is 8.96. The Balaban J connectivity index is 1.47. The Kier molecular flexibility index (Phi) is 4.90. The van der Waals surface area contributed by atoms with E-state index in [0.717, 1.165) is 25.8 Å². The third-order valence-corrected chi connectivity index (χ3v) is 8.96. The molecule has 0 spiro atoms. The molecule has 7 unspecified atom stereocenters. The van der Waals surface area contributed by atoms with Crippen molar-refractivity contribution in [2.75, 3.05) is 6.54 Å². The first-order chi connectivity index (χ1) is 14.0. The number of hydrogen-bond donors (Lipinski definition) is 4. The lowest BCUT2D eigenvalue weighted by molar-refractivity contribution is -0.141. The van der Waals surface area contributed by atoms with Gasteiger partial charge in [0.25, 0.3) is 5.91 Å². The highest BCUT2D eigenvalue weighted by Crippen LogP contribution is 2.51. The van der Waals surface area contributed by atoms with E-state index in [1.165, 1.54) is 32.1 Å². The Hall–Kier alpha value is -1.20. The van der Waals surface area contributed by atoms with Crippen molar-refractivity contribution < 1.29 is 9.90 Å². The van der Waals surface area contributed by atoms with Crippen LogP contribution in [-0.4, -0.2) is 52.0 Å². The number of rotatable bonds is 4. The van der Waals surface area contributed by atoms with Gasteiger partial charge in [-0.05, 0) is 63.3 Å². The van der Waals surface area contributed by atoms with Gasteiger partial charge in [-0.2, -0.15) is 5.26 Å². The van der Waals surface area contributed by atoms with Crippen molar-refractivity contribution >= 4 is 5.91 Å². The topological polar surface area (TPSA) is 100 Å². The second kappa shape index (κ2) is 7.19. The molecule has 3 aliphatic heterocycles. The van der Waals surface area contributed by atoms with Crippen molar-refractivity contribution in [1.29, 1.82) is 5.26 Å². The van der Waals surface area contributed by atoms with E-state index >= 15 is 0 Å². The average molecular weight is 402 g/mol. The molecule has 3 heterocycles. The fourth-order valence-electron chi connectivity index (χ4n) is 7.32. The first-order valence-corrected chi connectivity index (χ1v) is 11.7. The highest BCUT2D eigenvalue weighted by atomic mass is 16.3.